The van der Waals surface area contributed by atoms with Gasteiger partial charge in [0, 0.05) is 25.0 Å². The summed E-state index contributed by atoms with van der Waals surface area (Å²) < 4.78 is 0. The van der Waals surface area contributed by atoms with E-state index in [9.17, 15) is 0 Å². The minimum Gasteiger partial charge on any atom is -0.339 e. The maximum Gasteiger partial charge on any atom is 0.140 e. The fourth-order valence-corrected chi connectivity index (χ4v) is 3.96. The molecule has 152 valence electrons. The average Bonchev–Trinajstić information content (AvgIpc) is 2.74. The molecule has 0 aliphatic carbocycles. The van der Waals surface area contributed by atoms with Gasteiger partial charge in [-0.05, 0) is 56.5 Å². The highest BCUT2D eigenvalue weighted by Crippen LogP contribution is 2.32. The van der Waals surface area contributed by atoms with E-state index in [2.05, 4.69) is 38.2 Å². The molecule has 1 fully saturated rings. The van der Waals surface area contributed by atoms with Gasteiger partial charge >= 0.3 is 0 Å². The zero-order chi connectivity index (χ0) is 20.9. The lowest BCUT2D eigenvalue weighted by molar-refractivity contribution is 0.137. The van der Waals surface area contributed by atoms with Crippen LogP contribution in [0.5, 0.6) is 0 Å². The summed E-state index contributed by atoms with van der Waals surface area (Å²) in [5.41, 5.74) is 4.64. The van der Waals surface area contributed by atoms with E-state index in [1.165, 1.54) is 24.0 Å². The van der Waals surface area contributed by atoms with Crippen LogP contribution in [0.3, 0.4) is 0 Å². The van der Waals surface area contributed by atoms with E-state index in [-0.39, 0.29) is 6.04 Å². The van der Waals surface area contributed by atoms with Crippen LogP contribution in [0.15, 0.2) is 42.9 Å². The molecular weight excluding hydrogens is 374 g/mol. The number of rotatable bonds is 5. The molecule has 1 N–H and O–H groups in total. The maximum absolute atomic E-state index is 8.92. The molecule has 0 spiro atoms. The number of aromatic nitrogens is 4. The summed E-state index contributed by atoms with van der Waals surface area (Å²) in [6.07, 6.45) is 8.96. The summed E-state index contributed by atoms with van der Waals surface area (Å²) >= 11 is 0. The number of anilines is 2. The second-order valence-corrected chi connectivity index (χ2v) is 7.75. The van der Waals surface area contributed by atoms with Crippen LogP contribution in [-0.2, 0) is 6.54 Å². The van der Waals surface area contributed by atoms with E-state index in [0.717, 1.165) is 42.5 Å². The van der Waals surface area contributed by atoms with E-state index < -0.39 is 0 Å². The van der Waals surface area contributed by atoms with E-state index in [4.69, 9.17) is 10.2 Å². The topological polar surface area (TPSA) is 90.6 Å². The third-order valence-electron chi connectivity index (χ3n) is 5.28. The molecular formula is C23H25N7. The molecule has 1 saturated heterocycles. The van der Waals surface area contributed by atoms with Crippen LogP contribution in [0.1, 0.15) is 53.6 Å². The lowest BCUT2D eigenvalue weighted by atomic mass is 9.98. The summed E-state index contributed by atoms with van der Waals surface area (Å²) in [7, 11) is 0. The van der Waals surface area contributed by atoms with Gasteiger partial charge in [-0.25, -0.2) is 15.0 Å². The van der Waals surface area contributed by atoms with Crippen LogP contribution >= 0.6 is 0 Å². The zero-order valence-electron chi connectivity index (χ0n) is 17.3. The first-order valence-corrected chi connectivity index (χ1v) is 10.2. The van der Waals surface area contributed by atoms with Gasteiger partial charge in [0.05, 0.1) is 23.6 Å². The van der Waals surface area contributed by atoms with Crippen LogP contribution in [-0.4, -0.2) is 31.4 Å². The van der Waals surface area contributed by atoms with Crippen LogP contribution in [0, 0.1) is 25.2 Å². The van der Waals surface area contributed by atoms with Gasteiger partial charge in [0.25, 0.3) is 0 Å². The van der Waals surface area contributed by atoms with Gasteiger partial charge in [-0.3, -0.25) is 9.88 Å². The minimum absolute atomic E-state index is 0.251. The number of hydrogen-bond donors (Lipinski definition) is 1. The molecule has 1 aliphatic rings. The number of hydrogen-bond acceptors (Lipinski definition) is 7. The molecule has 7 heteroatoms. The van der Waals surface area contributed by atoms with Crippen LogP contribution in [0.2, 0.25) is 0 Å². The molecule has 0 amide bonds. The predicted octanol–water partition coefficient (Wildman–Crippen LogP) is 4.23. The lowest BCUT2D eigenvalue weighted by Gasteiger charge is -2.35. The predicted molar refractivity (Wildman–Crippen MR) is 115 cm³/mol. The molecule has 0 radical (unpaired) electrons. The Kier molecular flexibility index (Phi) is 5.96. The molecule has 4 heterocycles. The Bertz CT molecular complexity index is 1060. The molecule has 0 aromatic carbocycles. The molecule has 0 unspecified atom stereocenters. The molecule has 0 bridgehead atoms. The highest BCUT2D eigenvalue weighted by atomic mass is 15.2. The highest BCUT2D eigenvalue weighted by Gasteiger charge is 2.26. The smallest absolute Gasteiger partial charge is 0.140 e. The number of nitriles is 1. The Balaban J connectivity index is 1.57. The van der Waals surface area contributed by atoms with Gasteiger partial charge in [0.1, 0.15) is 23.4 Å². The lowest BCUT2D eigenvalue weighted by Crippen LogP contribution is -2.33. The number of aryl methyl sites for hydroxylation is 2. The number of nitrogens with one attached hydrogen (secondary N) is 1. The number of likely N-dealkylation sites (tertiary alicyclic amines) is 1. The largest absolute Gasteiger partial charge is 0.339 e. The summed E-state index contributed by atoms with van der Waals surface area (Å²) in [5.74, 6) is 1.48. The van der Waals surface area contributed by atoms with Crippen molar-refractivity contribution < 1.29 is 0 Å². The highest BCUT2D eigenvalue weighted by molar-refractivity contribution is 5.55. The Morgan fingerprint density at radius 1 is 1.13 bits per heavy atom. The Morgan fingerprint density at radius 3 is 2.80 bits per heavy atom. The van der Waals surface area contributed by atoms with Crippen molar-refractivity contribution in [2.45, 2.75) is 45.7 Å². The Hall–Kier alpha value is -3.37. The zero-order valence-corrected chi connectivity index (χ0v) is 17.3. The first-order valence-electron chi connectivity index (χ1n) is 10.2. The fourth-order valence-electron chi connectivity index (χ4n) is 3.96. The Morgan fingerprint density at radius 2 is 2.03 bits per heavy atom. The summed E-state index contributed by atoms with van der Waals surface area (Å²) in [6, 6.07) is 10.0. The van der Waals surface area contributed by atoms with Gasteiger partial charge in [-0.2, -0.15) is 5.26 Å². The second kappa shape index (κ2) is 8.97. The third kappa shape index (κ3) is 4.78. The van der Waals surface area contributed by atoms with Gasteiger partial charge in [0.15, 0.2) is 0 Å². The van der Waals surface area contributed by atoms with Crippen LogP contribution in [0.25, 0.3) is 0 Å². The molecule has 30 heavy (non-hydrogen) atoms. The van der Waals surface area contributed by atoms with Crippen molar-refractivity contribution in [3.05, 3.63) is 71.2 Å². The SMILES string of the molecule is Cc1cncc(CN2CCCC[C@H]2c2cc(Nc3ccc(C#N)nc3)nc(C)n2)c1. The van der Waals surface area contributed by atoms with Gasteiger partial charge in [-0.15, -0.1) is 0 Å². The number of nitrogens with zero attached hydrogens (tertiary/aromatic N) is 6. The van der Waals surface area contributed by atoms with Gasteiger partial charge in [-0.1, -0.05) is 12.5 Å². The fraction of sp³-hybridized carbons (Fsp3) is 0.348. The summed E-state index contributed by atoms with van der Waals surface area (Å²) in [5, 5.41) is 12.2. The number of pyridine rings is 2. The third-order valence-corrected chi connectivity index (χ3v) is 5.28. The standard InChI is InChI=1S/C23H25N7/c1-16-9-18(13-25-12-16)15-30-8-4-3-5-22(30)21-10-23(28-17(2)27-21)29-20-7-6-19(11-24)26-14-20/h6-7,9-10,12-14,22H,3-5,8,15H2,1-2H3,(H,27,28,29)/t22-/m0/s1. The quantitative estimate of drug-likeness (QED) is 0.686. The molecule has 4 rings (SSSR count). The molecule has 1 atom stereocenters. The monoisotopic (exact) mass is 399 g/mol. The van der Waals surface area contributed by atoms with Crippen molar-refractivity contribution in [2.75, 3.05) is 11.9 Å². The normalized spacial score (nSPS) is 16.8. The first kappa shape index (κ1) is 19.9. The summed E-state index contributed by atoms with van der Waals surface area (Å²) in [4.78, 5) is 20.3. The molecule has 0 saturated carbocycles. The van der Waals surface area contributed by atoms with Crippen molar-refractivity contribution in [3.8, 4) is 6.07 Å². The van der Waals surface area contributed by atoms with E-state index in [1.807, 2.05) is 37.5 Å². The van der Waals surface area contributed by atoms with Crippen LogP contribution < -0.4 is 5.32 Å². The molecule has 1 aliphatic heterocycles. The van der Waals surface area contributed by atoms with E-state index in [0.29, 0.717) is 5.69 Å². The van der Waals surface area contributed by atoms with Crippen molar-refractivity contribution >= 4 is 11.5 Å². The second-order valence-electron chi connectivity index (χ2n) is 7.75. The van der Waals surface area contributed by atoms with E-state index in [1.54, 1.807) is 12.3 Å². The number of piperidine rings is 1. The van der Waals surface area contributed by atoms with Crippen molar-refractivity contribution in [3.63, 3.8) is 0 Å². The molecule has 3 aromatic rings. The molecule has 7 nitrogen and oxygen atoms in total. The Labute approximate surface area is 176 Å². The summed E-state index contributed by atoms with van der Waals surface area (Å²) in [6.45, 7) is 5.91. The van der Waals surface area contributed by atoms with Gasteiger partial charge < -0.3 is 5.32 Å². The van der Waals surface area contributed by atoms with Gasteiger partial charge in [0.2, 0.25) is 0 Å². The average molecular weight is 400 g/mol. The first-order chi connectivity index (χ1) is 14.6. The molecule has 3 aromatic heterocycles. The van der Waals surface area contributed by atoms with E-state index >= 15 is 0 Å². The minimum atomic E-state index is 0.251. The van der Waals surface area contributed by atoms with Crippen LogP contribution in [0.4, 0.5) is 11.5 Å². The van der Waals surface area contributed by atoms with Crippen molar-refractivity contribution in [2.24, 2.45) is 0 Å². The maximum atomic E-state index is 8.92. The van der Waals surface area contributed by atoms with Crippen molar-refractivity contribution in [1.82, 2.24) is 24.8 Å². The van der Waals surface area contributed by atoms with Crippen molar-refractivity contribution in [1.29, 1.82) is 5.26 Å².